The molecule has 0 saturated carbocycles. The van der Waals surface area contributed by atoms with Gasteiger partial charge in [0.15, 0.2) is 10.8 Å². The van der Waals surface area contributed by atoms with Crippen molar-refractivity contribution in [1.82, 2.24) is 0 Å². The molecule has 0 bridgehead atoms. The van der Waals surface area contributed by atoms with Gasteiger partial charge in [-0.05, 0) is 94.9 Å². The number of carbonyl (C=O) groups excluding carboxylic acids is 4. The van der Waals surface area contributed by atoms with Gasteiger partial charge in [0.25, 0.3) is 11.6 Å². The third-order valence-corrected chi connectivity index (χ3v) is 13.4. The lowest BCUT2D eigenvalue weighted by molar-refractivity contribution is -0.256. The number of anilines is 1. The molecule has 3 aliphatic heterocycles. The number of rotatable bonds is 9. The van der Waals surface area contributed by atoms with Crippen molar-refractivity contribution in [1.29, 1.82) is 0 Å². The zero-order valence-electron chi connectivity index (χ0n) is 38.0. The van der Waals surface area contributed by atoms with Gasteiger partial charge in [0.1, 0.15) is 23.0 Å². The molecular formula is C53H51NO12. The van der Waals surface area contributed by atoms with E-state index in [0.717, 1.165) is 0 Å². The first-order valence-electron chi connectivity index (χ1n) is 21.7. The quantitative estimate of drug-likeness (QED) is 0.103. The summed E-state index contributed by atoms with van der Waals surface area (Å²) in [4.78, 5) is 65.1. The molecule has 13 heteroatoms. The van der Waals surface area contributed by atoms with Crippen LogP contribution in [-0.2, 0) is 38.1 Å². The summed E-state index contributed by atoms with van der Waals surface area (Å²) in [6.07, 6.45) is 0.0127. The van der Waals surface area contributed by atoms with E-state index in [0.29, 0.717) is 62.2 Å². The summed E-state index contributed by atoms with van der Waals surface area (Å²) < 4.78 is 47.5. The van der Waals surface area contributed by atoms with E-state index < -0.39 is 70.1 Å². The molecule has 66 heavy (non-hydrogen) atoms. The third-order valence-electron chi connectivity index (χ3n) is 13.4. The molecule has 0 unspecified atom stereocenters. The zero-order chi connectivity index (χ0) is 46.8. The lowest BCUT2D eigenvalue weighted by atomic mass is 9.48. The number of para-hydroxylation sites is 1. The fraction of sp³-hybridized carbons (Fsp3) is 0.321. The highest BCUT2D eigenvalue weighted by molar-refractivity contribution is 6.08. The van der Waals surface area contributed by atoms with Gasteiger partial charge in [-0.2, -0.15) is 0 Å². The van der Waals surface area contributed by atoms with E-state index in [1.165, 1.54) is 27.7 Å². The normalized spacial score (nSPS) is 23.5. The standard InChI is InChI=1S/C53H51NO12/c1-50(2)63-46(55)52(47(56)64-50)40(31-14-22-36(59-5)23-15-31)30-41-42(43(52)32-16-24-37(60-6)25-17-32)44(33-18-26-38(61-7)27-19-33)53(48(57)65-51(3,4)66-49(53)58)45(34-20-28-39(62-8)29-21-34)54(41)35-12-10-9-11-13-35/h9-29,40,43-45H,30H2,1-8H3/t40-,43-,44-,45-/m0/s1. The Bertz CT molecular complexity index is 2620. The van der Waals surface area contributed by atoms with Gasteiger partial charge in [-0.1, -0.05) is 66.7 Å². The van der Waals surface area contributed by atoms with E-state index in [9.17, 15) is 0 Å². The summed E-state index contributed by atoms with van der Waals surface area (Å²) >= 11 is 0. The number of cyclic esters (lactones) is 4. The number of nitrogens with zero attached hydrogens (tertiary/aromatic N) is 1. The van der Waals surface area contributed by atoms with Crippen molar-refractivity contribution in [3.05, 3.63) is 161 Å². The number of carbonyl (C=O) groups is 4. The second-order valence-corrected chi connectivity index (χ2v) is 17.8. The Morgan fingerprint density at radius 2 is 0.803 bits per heavy atom. The van der Waals surface area contributed by atoms with E-state index in [-0.39, 0.29) is 6.42 Å². The molecule has 5 aromatic carbocycles. The van der Waals surface area contributed by atoms with Gasteiger partial charge in [0, 0.05) is 56.8 Å². The van der Waals surface area contributed by atoms with Crippen LogP contribution in [0.3, 0.4) is 0 Å². The molecule has 2 fully saturated rings. The van der Waals surface area contributed by atoms with Crippen molar-refractivity contribution in [3.8, 4) is 23.0 Å². The van der Waals surface area contributed by atoms with E-state index >= 15 is 19.2 Å². The molecule has 2 spiro atoms. The lowest BCUT2D eigenvalue weighted by Gasteiger charge is -2.61. The minimum Gasteiger partial charge on any atom is -0.497 e. The molecule has 340 valence electrons. The molecule has 2 saturated heterocycles. The second-order valence-electron chi connectivity index (χ2n) is 17.8. The van der Waals surface area contributed by atoms with Gasteiger partial charge in [0.2, 0.25) is 0 Å². The number of hydrogen-bond acceptors (Lipinski definition) is 13. The van der Waals surface area contributed by atoms with Gasteiger partial charge < -0.3 is 42.8 Å². The average Bonchev–Trinajstić information content (AvgIpc) is 3.31. The SMILES string of the molecule is COc1ccc([C@H]2C3=C(C[C@@H](c4ccc(OC)cc4)C4(C(=O)OC(C)(C)OC4=O)[C@H]3c3ccc(OC)cc3)N(c3ccccc3)[C@@H](c3ccc(OC)cc3)C23C(=O)OC(C)(C)OC3=O)cc1. The highest BCUT2D eigenvalue weighted by Crippen LogP contribution is 2.71. The third kappa shape index (κ3) is 6.82. The number of hydrogen-bond donors (Lipinski definition) is 0. The van der Waals surface area contributed by atoms with E-state index in [2.05, 4.69) is 0 Å². The minimum atomic E-state index is -2.27. The lowest BCUT2D eigenvalue weighted by Crippen LogP contribution is -2.67. The largest absolute Gasteiger partial charge is 0.497 e. The van der Waals surface area contributed by atoms with Crippen LogP contribution in [0.4, 0.5) is 5.69 Å². The van der Waals surface area contributed by atoms with Gasteiger partial charge in [0.05, 0.1) is 34.5 Å². The zero-order valence-corrected chi connectivity index (χ0v) is 38.0. The first-order valence-corrected chi connectivity index (χ1v) is 21.7. The number of allylic oxidation sites excluding steroid dienone is 2. The first-order chi connectivity index (χ1) is 31.6. The van der Waals surface area contributed by atoms with Crippen molar-refractivity contribution < 1.29 is 57.1 Å². The van der Waals surface area contributed by atoms with Gasteiger partial charge in [-0.3, -0.25) is 19.2 Å². The molecule has 9 rings (SSSR count). The number of methoxy groups -OCH3 is 4. The molecule has 0 amide bonds. The number of ether oxygens (including phenoxy) is 8. The topological polar surface area (TPSA) is 145 Å². The van der Waals surface area contributed by atoms with Crippen molar-refractivity contribution in [2.24, 2.45) is 10.8 Å². The molecule has 0 N–H and O–H groups in total. The van der Waals surface area contributed by atoms with E-state index in [1.54, 1.807) is 101 Å². The van der Waals surface area contributed by atoms with Crippen molar-refractivity contribution in [3.63, 3.8) is 0 Å². The van der Waals surface area contributed by atoms with E-state index in [4.69, 9.17) is 37.9 Å². The van der Waals surface area contributed by atoms with Crippen LogP contribution in [-0.4, -0.2) is 63.9 Å². The van der Waals surface area contributed by atoms with Crippen LogP contribution in [0, 0.1) is 10.8 Å². The first kappa shape index (κ1) is 43.9. The average molecular weight is 894 g/mol. The summed E-state index contributed by atoms with van der Waals surface area (Å²) in [5, 5.41) is 0. The maximum Gasteiger partial charge on any atom is 0.330 e. The maximum absolute atomic E-state index is 15.9. The number of esters is 4. The molecule has 3 heterocycles. The Morgan fingerprint density at radius 3 is 1.20 bits per heavy atom. The number of benzene rings is 5. The molecule has 0 radical (unpaired) electrons. The molecule has 4 atom stereocenters. The van der Waals surface area contributed by atoms with Crippen molar-refractivity contribution in [2.75, 3.05) is 33.3 Å². The Kier molecular flexibility index (Phi) is 10.9. The van der Waals surface area contributed by atoms with E-state index in [1.807, 2.05) is 59.5 Å². The predicted octanol–water partition coefficient (Wildman–Crippen LogP) is 8.94. The van der Waals surface area contributed by atoms with Crippen LogP contribution in [0.15, 0.2) is 139 Å². The summed E-state index contributed by atoms with van der Waals surface area (Å²) in [5.41, 5.74) is -0.648. The van der Waals surface area contributed by atoms with Crippen LogP contribution in [0.5, 0.6) is 23.0 Å². The van der Waals surface area contributed by atoms with Gasteiger partial charge >= 0.3 is 23.9 Å². The monoisotopic (exact) mass is 893 g/mol. The predicted molar refractivity (Wildman–Crippen MR) is 241 cm³/mol. The van der Waals surface area contributed by atoms with Crippen LogP contribution in [0.1, 0.15) is 80.2 Å². The summed E-state index contributed by atoms with van der Waals surface area (Å²) in [6, 6.07) is 36.7. The van der Waals surface area contributed by atoms with Crippen molar-refractivity contribution >= 4 is 29.6 Å². The Morgan fingerprint density at radius 1 is 0.455 bits per heavy atom. The molecule has 0 aromatic heterocycles. The minimum absolute atomic E-state index is 0.0127. The molecule has 13 nitrogen and oxygen atoms in total. The molecule has 1 aliphatic carbocycles. The fourth-order valence-electron chi connectivity index (χ4n) is 10.6. The summed E-state index contributed by atoms with van der Waals surface area (Å²) in [7, 11) is 6.20. The van der Waals surface area contributed by atoms with Crippen LogP contribution in [0.25, 0.3) is 0 Å². The Hall–Kier alpha value is -7.28. The summed E-state index contributed by atoms with van der Waals surface area (Å²) in [5.74, 6) is -8.10. The van der Waals surface area contributed by atoms with Gasteiger partial charge in [-0.25, -0.2) is 0 Å². The summed E-state index contributed by atoms with van der Waals surface area (Å²) in [6.45, 7) is 6.04. The maximum atomic E-state index is 15.9. The van der Waals surface area contributed by atoms with Crippen LogP contribution >= 0.6 is 0 Å². The van der Waals surface area contributed by atoms with Crippen LogP contribution < -0.4 is 23.8 Å². The molecule has 5 aromatic rings. The Labute approximate surface area is 383 Å². The van der Waals surface area contributed by atoms with Crippen molar-refractivity contribution in [2.45, 2.75) is 69.5 Å². The van der Waals surface area contributed by atoms with Crippen LogP contribution in [0.2, 0.25) is 0 Å². The van der Waals surface area contributed by atoms with Gasteiger partial charge in [-0.15, -0.1) is 0 Å². The second kappa shape index (κ2) is 16.3. The highest BCUT2D eigenvalue weighted by Gasteiger charge is 2.75. The molecule has 4 aliphatic rings. The Balaban J connectivity index is 1.50. The molecular weight excluding hydrogens is 843 g/mol. The highest BCUT2D eigenvalue weighted by atomic mass is 16.8. The smallest absolute Gasteiger partial charge is 0.330 e. The fourth-order valence-corrected chi connectivity index (χ4v) is 10.6.